The van der Waals surface area contributed by atoms with Gasteiger partial charge in [0, 0.05) is 42.0 Å². The Morgan fingerprint density at radius 1 is 0.878 bits per heavy atom. The van der Waals surface area contributed by atoms with Crippen LogP contribution in [0.4, 0.5) is 0 Å². The monoisotopic (exact) mass is 571 g/mol. The van der Waals surface area contributed by atoms with Crippen molar-refractivity contribution in [2.75, 3.05) is 6.54 Å². The highest BCUT2D eigenvalue weighted by molar-refractivity contribution is 5.84. The molecule has 5 rings (SSSR count). The first kappa shape index (κ1) is 31.2. The Hall–Kier alpha value is -1.24. The van der Waals surface area contributed by atoms with E-state index in [0.717, 1.165) is 45.1 Å². The average Bonchev–Trinajstić information content (AvgIpc) is 3.49. The smallest absolute Gasteiger partial charge is 0.331 e. The number of ether oxygens (including phenoxy) is 1. The SMILES string of the molecule is CCCCCCCCCCCCN=C[C@]12CC[C@H](O)C[C@]1(O)CC[C@@H]1[C@@H]2CC[C@]2(C)[C@H]([C@@H]3C=CC(=O)O3)CC[C@@]12O. The molecule has 9 atom stereocenters. The van der Waals surface area contributed by atoms with Gasteiger partial charge < -0.3 is 20.1 Å². The summed E-state index contributed by atoms with van der Waals surface area (Å²) in [5, 5.41) is 35.3. The summed E-state index contributed by atoms with van der Waals surface area (Å²) < 4.78 is 5.65. The van der Waals surface area contributed by atoms with Gasteiger partial charge in [-0.2, -0.15) is 0 Å². The first-order chi connectivity index (χ1) is 19.7. The number of hydrogen-bond donors (Lipinski definition) is 3. The molecule has 1 aliphatic heterocycles. The summed E-state index contributed by atoms with van der Waals surface area (Å²) >= 11 is 0. The number of unbranched alkanes of at least 4 members (excludes halogenated alkanes) is 9. The zero-order valence-electron chi connectivity index (χ0n) is 25.9. The maximum Gasteiger partial charge on any atom is 0.331 e. The number of aliphatic hydroxyl groups is 3. The molecule has 0 saturated heterocycles. The second-order valence-electron chi connectivity index (χ2n) is 14.7. The Bertz CT molecular complexity index is 966. The van der Waals surface area contributed by atoms with Crippen molar-refractivity contribution >= 4 is 12.2 Å². The molecule has 6 nitrogen and oxygen atoms in total. The van der Waals surface area contributed by atoms with Crippen molar-refractivity contribution in [1.82, 2.24) is 0 Å². The number of aliphatic imine (C=N–C) groups is 1. The maximum atomic E-state index is 12.5. The van der Waals surface area contributed by atoms with E-state index in [0.29, 0.717) is 25.7 Å². The van der Waals surface area contributed by atoms with Gasteiger partial charge in [0.15, 0.2) is 0 Å². The highest BCUT2D eigenvalue weighted by Crippen LogP contribution is 2.70. The Morgan fingerprint density at radius 2 is 1.54 bits per heavy atom. The number of carbonyl (C=O) groups is 1. The van der Waals surface area contributed by atoms with E-state index in [1.807, 2.05) is 6.08 Å². The number of rotatable bonds is 13. The predicted molar refractivity (Wildman–Crippen MR) is 163 cm³/mol. The molecule has 5 aliphatic rings. The van der Waals surface area contributed by atoms with Crippen LogP contribution in [-0.4, -0.2) is 57.5 Å². The Kier molecular flexibility index (Phi) is 9.72. The van der Waals surface area contributed by atoms with Crippen LogP contribution >= 0.6 is 0 Å². The molecule has 41 heavy (non-hydrogen) atoms. The topological polar surface area (TPSA) is 99.4 Å². The molecule has 0 radical (unpaired) electrons. The summed E-state index contributed by atoms with van der Waals surface area (Å²) in [6, 6.07) is 0. The van der Waals surface area contributed by atoms with Gasteiger partial charge in [0.2, 0.25) is 0 Å². The highest BCUT2D eigenvalue weighted by Gasteiger charge is 2.71. The minimum Gasteiger partial charge on any atom is -0.455 e. The van der Waals surface area contributed by atoms with Gasteiger partial charge in [-0.3, -0.25) is 4.99 Å². The van der Waals surface area contributed by atoms with Crippen LogP contribution in [0.1, 0.15) is 136 Å². The lowest BCUT2D eigenvalue weighted by atomic mass is 9.41. The van der Waals surface area contributed by atoms with E-state index < -0.39 is 22.7 Å². The molecule has 232 valence electrons. The fraction of sp³-hybridized carbons (Fsp3) is 0.886. The molecule has 0 unspecified atom stereocenters. The van der Waals surface area contributed by atoms with Crippen molar-refractivity contribution in [1.29, 1.82) is 0 Å². The number of hydrogen-bond acceptors (Lipinski definition) is 6. The number of nitrogens with zero attached hydrogens (tertiary/aromatic N) is 1. The fourth-order valence-corrected chi connectivity index (χ4v) is 10.3. The van der Waals surface area contributed by atoms with Crippen LogP contribution in [0.2, 0.25) is 0 Å². The van der Waals surface area contributed by atoms with Gasteiger partial charge in [0.1, 0.15) is 6.10 Å². The number of esters is 1. The number of cyclic esters (lactones) is 1. The molecule has 0 aromatic rings. The molecule has 0 spiro atoms. The van der Waals surface area contributed by atoms with Crippen LogP contribution < -0.4 is 0 Å². The van der Waals surface area contributed by atoms with Crippen molar-refractivity contribution in [3.63, 3.8) is 0 Å². The molecule has 0 amide bonds. The third-order valence-electron chi connectivity index (χ3n) is 12.6. The van der Waals surface area contributed by atoms with Crippen molar-refractivity contribution in [3.05, 3.63) is 12.2 Å². The second kappa shape index (κ2) is 12.8. The average molecular weight is 572 g/mol. The van der Waals surface area contributed by atoms with E-state index in [-0.39, 0.29) is 35.2 Å². The van der Waals surface area contributed by atoms with Gasteiger partial charge in [0.25, 0.3) is 0 Å². The quantitative estimate of drug-likeness (QED) is 0.130. The zero-order valence-corrected chi connectivity index (χ0v) is 25.9. The third kappa shape index (κ3) is 5.71. The van der Waals surface area contributed by atoms with Crippen LogP contribution in [0.3, 0.4) is 0 Å². The lowest BCUT2D eigenvalue weighted by molar-refractivity contribution is -0.241. The molecule has 3 N–H and O–H groups in total. The first-order valence-corrected chi connectivity index (χ1v) is 17.2. The lowest BCUT2D eigenvalue weighted by Gasteiger charge is -2.65. The van der Waals surface area contributed by atoms with Crippen LogP contribution in [0.5, 0.6) is 0 Å². The zero-order chi connectivity index (χ0) is 29.1. The first-order valence-electron chi connectivity index (χ1n) is 17.2. The predicted octanol–water partition coefficient (Wildman–Crippen LogP) is 6.69. The molecule has 0 bridgehead atoms. The van der Waals surface area contributed by atoms with E-state index in [1.165, 1.54) is 63.9 Å². The van der Waals surface area contributed by atoms with Crippen molar-refractivity contribution in [2.24, 2.45) is 33.6 Å². The molecule has 1 heterocycles. The molecule has 0 aromatic carbocycles. The van der Waals surface area contributed by atoms with E-state index in [2.05, 4.69) is 20.1 Å². The van der Waals surface area contributed by atoms with E-state index in [1.54, 1.807) is 0 Å². The van der Waals surface area contributed by atoms with Gasteiger partial charge in [-0.15, -0.1) is 0 Å². The van der Waals surface area contributed by atoms with Crippen LogP contribution in [0.15, 0.2) is 17.1 Å². The molecule has 4 saturated carbocycles. The van der Waals surface area contributed by atoms with Crippen molar-refractivity contribution in [2.45, 2.75) is 159 Å². The molecule has 6 heteroatoms. The van der Waals surface area contributed by atoms with Crippen LogP contribution in [0, 0.1) is 28.6 Å². The second-order valence-corrected chi connectivity index (χ2v) is 14.7. The molecular weight excluding hydrogens is 514 g/mol. The standard InChI is InChI=1S/C35H57NO5/c1-3-4-5-6-7-8-9-10-11-12-23-36-25-33-20-15-26(37)24-34(33,39)21-17-28-27(33)16-19-32(2)29(18-22-35(28,32)40)30-13-14-31(38)41-30/h13-14,25-30,37,39-40H,3-12,15-24H2,1-2H3/t26-,27-,28+,29-,30-,32+,33-,34+,35+/m0/s1. The normalized spacial score (nSPS) is 43.6. The van der Waals surface area contributed by atoms with E-state index >= 15 is 0 Å². The van der Waals surface area contributed by atoms with Crippen LogP contribution in [0.25, 0.3) is 0 Å². The minimum absolute atomic E-state index is 0.0756. The molecule has 4 fully saturated rings. The van der Waals surface area contributed by atoms with E-state index in [9.17, 15) is 20.1 Å². The molecule has 0 aromatic heterocycles. The third-order valence-corrected chi connectivity index (χ3v) is 12.6. The Balaban J connectivity index is 1.24. The molecular formula is C35H57NO5. The van der Waals surface area contributed by atoms with Gasteiger partial charge in [-0.05, 0) is 75.7 Å². The lowest BCUT2D eigenvalue weighted by Crippen LogP contribution is -2.69. The van der Waals surface area contributed by atoms with Crippen molar-refractivity contribution in [3.8, 4) is 0 Å². The summed E-state index contributed by atoms with van der Waals surface area (Å²) in [7, 11) is 0. The summed E-state index contributed by atoms with van der Waals surface area (Å²) in [6.45, 7) is 5.27. The van der Waals surface area contributed by atoms with Gasteiger partial charge in [-0.1, -0.05) is 71.6 Å². The summed E-state index contributed by atoms with van der Waals surface area (Å²) in [6.07, 6.45) is 24.3. The van der Waals surface area contributed by atoms with Gasteiger partial charge in [0.05, 0.1) is 17.3 Å². The largest absolute Gasteiger partial charge is 0.455 e. The highest BCUT2D eigenvalue weighted by atomic mass is 16.5. The Labute approximate surface area is 248 Å². The van der Waals surface area contributed by atoms with Gasteiger partial charge >= 0.3 is 5.97 Å². The summed E-state index contributed by atoms with van der Waals surface area (Å²) in [5.41, 5.74) is -2.65. The number of aliphatic hydroxyl groups excluding tert-OH is 1. The van der Waals surface area contributed by atoms with Gasteiger partial charge in [-0.25, -0.2) is 4.79 Å². The fourth-order valence-electron chi connectivity index (χ4n) is 10.3. The number of fused-ring (bicyclic) bond motifs is 5. The Morgan fingerprint density at radius 3 is 2.22 bits per heavy atom. The van der Waals surface area contributed by atoms with Crippen LogP contribution in [-0.2, 0) is 9.53 Å². The summed E-state index contributed by atoms with van der Waals surface area (Å²) in [4.78, 5) is 16.9. The molecule has 4 aliphatic carbocycles. The minimum atomic E-state index is -0.973. The van der Waals surface area contributed by atoms with E-state index in [4.69, 9.17) is 9.73 Å². The maximum absolute atomic E-state index is 12.5. The summed E-state index contributed by atoms with van der Waals surface area (Å²) in [5.74, 6) is 0.0604. The van der Waals surface area contributed by atoms with Crippen molar-refractivity contribution < 1.29 is 24.9 Å². The number of carbonyl (C=O) groups excluding carboxylic acids is 1.